The monoisotopic (exact) mass is 355 g/mol. The predicted octanol–water partition coefficient (Wildman–Crippen LogP) is 4.53. The molecule has 1 heterocycles. The molecule has 122 valence electrons. The maximum atomic E-state index is 11.8. The summed E-state index contributed by atoms with van der Waals surface area (Å²) < 4.78 is 5.16. The molecule has 23 heavy (non-hydrogen) atoms. The van der Waals surface area contributed by atoms with Gasteiger partial charge in [0.1, 0.15) is 11.3 Å². The average molecular weight is 356 g/mol. The maximum Gasteiger partial charge on any atom is 0.352 e. The third-order valence-corrected chi connectivity index (χ3v) is 3.38. The normalized spacial score (nSPS) is 12.0. The van der Waals surface area contributed by atoms with Crippen LogP contribution in [0.2, 0.25) is 10.0 Å². The van der Waals surface area contributed by atoms with E-state index in [9.17, 15) is 14.7 Å². The molecular weight excluding hydrogens is 341 g/mol. The summed E-state index contributed by atoms with van der Waals surface area (Å²) in [5.74, 6) is -1.74. The van der Waals surface area contributed by atoms with Crippen LogP contribution < -0.4 is 0 Å². The molecule has 2 rings (SSSR count). The molecule has 0 radical (unpaired) electrons. The van der Waals surface area contributed by atoms with Gasteiger partial charge in [0.25, 0.3) is 0 Å². The number of carbonyl (C=O) groups is 2. The molecule has 0 amide bonds. The molecule has 2 N–H and O–H groups in total. The quantitative estimate of drug-likeness (QED) is 0.626. The Balaban J connectivity index is 2.52. The summed E-state index contributed by atoms with van der Waals surface area (Å²) >= 11 is 12.1. The second-order valence-electron chi connectivity index (χ2n) is 5.90. The molecule has 0 atom stereocenters. The topological polar surface area (TPSA) is 79.4 Å². The number of aromatic nitrogens is 1. The van der Waals surface area contributed by atoms with Gasteiger partial charge in [-0.2, -0.15) is 0 Å². The van der Waals surface area contributed by atoms with Crippen molar-refractivity contribution in [1.82, 2.24) is 4.98 Å². The molecule has 0 spiro atoms. The number of esters is 1. The zero-order valence-corrected chi connectivity index (χ0v) is 14.2. The molecule has 1 aromatic carbocycles. The minimum Gasteiger partial charge on any atom is -0.477 e. The minimum atomic E-state index is -1.17. The Kier molecular flexibility index (Phi) is 4.73. The largest absolute Gasteiger partial charge is 0.477 e. The number of hydrogen-bond donors (Lipinski definition) is 2. The molecule has 0 fully saturated rings. The summed E-state index contributed by atoms with van der Waals surface area (Å²) in [7, 11) is 0. The Bertz CT molecular complexity index is 816. The summed E-state index contributed by atoms with van der Waals surface area (Å²) in [5.41, 5.74) is 0.0512. The van der Waals surface area contributed by atoms with Crippen LogP contribution in [0.25, 0.3) is 17.0 Å². The van der Waals surface area contributed by atoms with Gasteiger partial charge in [0, 0.05) is 27.6 Å². The van der Waals surface area contributed by atoms with E-state index in [4.69, 9.17) is 27.9 Å². The summed E-state index contributed by atoms with van der Waals surface area (Å²) in [5, 5.41) is 10.5. The molecule has 0 aliphatic heterocycles. The van der Waals surface area contributed by atoms with Gasteiger partial charge in [0.2, 0.25) is 0 Å². The highest BCUT2D eigenvalue weighted by Crippen LogP contribution is 2.33. The van der Waals surface area contributed by atoms with Gasteiger partial charge in [-0.25, -0.2) is 9.59 Å². The highest BCUT2D eigenvalue weighted by molar-refractivity contribution is 6.39. The molecule has 5 nitrogen and oxygen atoms in total. The Morgan fingerprint density at radius 2 is 1.91 bits per heavy atom. The molecule has 1 aromatic heterocycles. The zero-order chi connectivity index (χ0) is 17.4. The van der Waals surface area contributed by atoms with Crippen molar-refractivity contribution in [3.63, 3.8) is 0 Å². The van der Waals surface area contributed by atoms with Crippen molar-refractivity contribution in [3.05, 3.63) is 39.5 Å². The van der Waals surface area contributed by atoms with Crippen molar-refractivity contribution in [2.24, 2.45) is 0 Å². The second kappa shape index (κ2) is 6.26. The van der Waals surface area contributed by atoms with E-state index in [2.05, 4.69) is 4.98 Å². The molecule has 0 aliphatic carbocycles. The van der Waals surface area contributed by atoms with Crippen LogP contribution in [0.5, 0.6) is 0 Å². The molecule has 7 heteroatoms. The fourth-order valence-electron chi connectivity index (χ4n) is 2.10. The number of fused-ring (bicyclic) bond motifs is 1. The fourth-order valence-corrected chi connectivity index (χ4v) is 2.69. The zero-order valence-electron chi connectivity index (χ0n) is 12.7. The van der Waals surface area contributed by atoms with E-state index in [1.165, 1.54) is 18.2 Å². The number of benzene rings is 1. The second-order valence-corrected chi connectivity index (χ2v) is 6.74. The van der Waals surface area contributed by atoms with Gasteiger partial charge < -0.3 is 14.8 Å². The highest BCUT2D eigenvalue weighted by Gasteiger charge is 2.19. The van der Waals surface area contributed by atoms with Crippen LogP contribution in [-0.2, 0) is 9.53 Å². The van der Waals surface area contributed by atoms with Gasteiger partial charge in [-0.05, 0) is 39.0 Å². The van der Waals surface area contributed by atoms with Crippen molar-refractivity contribution in [3.8, 4) is 0 Å². The lowest BCUT2D eigenvalue weighted by atomic mass is 10.1. The smallest absolute Gasteiger partial charge is 0.352 e. The number of halogens is 2. The van der Waals surface area contributed by atoms with E-state index in [0.29, 0.717) is 26.5 Å². The number of ether oxygens (including phenoxy) is 1. The van der Waals surface area contributed by atoms with Gasteiger partial charge in [-0.1, -0.05) is 23.2 Å². The third kappa shape index (κ3) is 4.06. The van der Waals surface area contributed by atoms with Crippen molar-refractivity contribution in [2.45, 2.75) is 26.4 Å². The third-order valence-electron chi connectivity index (χ3n) is 2.86. The number of carboxylic acids is 1. The first-order chi connectivity index (χ1) is 10.6. The Morgan fingerprint density at radius 3 is 2.48 bits per heavy atom. The summed E-state index contributed by atoms with van der Waals surface area (Å²) in [6, 6.07) is 3.08. The highest BCUT2D eigenvalue weighted by atomic mass is 35.5. The summed E-state index contributed by atoms with van der Waals surface area (Å²) in [4.78, 5) is 25.9. The van der Waals surface area contributed by atoms with Crippen LogP contribution >= 0.6 is 23.2 Å². The predicted molar refractivity (Wildman–Crippen MR) is 90.2 cm³/mol. The number of aromatic amines is 1. The van der Waals surface area contributed by atoms with E-state index >= 15 is 0 Å². The summed E-state index contributed by atoms with van der Waals surface area (Å²) in [6.07, 6.45) is 2.54. The van der Waals surface area contributed by atoms with Crippen molar-refractivity contribution in [2.75, 3.05) is 0 Å². The van der Waals surface area contributed by atoms with Crippen LogP contribution in [0.4, 0.5) is 0 Å². The summed E-state index contributed by atoms with van der Waals surface area (Å²) in [6.45, 7) is 5.23. The van der Waals surface area contributed by atoms with E-state index in [0.717, 1.165) is 0 Å². The van der Waals surface area contributed by atoms with Gasteiger partial charge in [-0.3, -0.25) is 0 Å². The van der Waals surface area contributed by atoms with Crippen LogP contribution in [0.1, 0.15) is 36.8 Å². The first-order valence-corrected chi connectivity index (χ1v) is 7.49. The first-order valence-electron chi connectivity index (χ1n) is 6.73. The number of nitrogens with one attached hydrogen (secondary N) is 1. The van der Waals surface area contributed by atoms with E-state index < -0.39 is 17.5 Å². The maximum absolute atomic E-state index is 11.8. The van der Waals surface area contributed by atoms with Crippen molar-refractivity contribution < 1.29 is 19.4 Å². The van der Waals surface area contributed by atoms with E-state index in [1.54, 1.807) is 26.8 Å². The lowest BCUT2D eigenvalue weighted by Gasteiger charge is -2.17. The van der Waals surface area contributed by atoms with Gasteiger partial charge in [0.05, 0.1) is 5.02 Å². The minimum absolute atomic E-state index is 0.0797. The number of carboxylic acid groups (broad SMARTS) is 1. The molecular formula is C16H15Cl2NO4. The molecule has 0 aliphatic rings. The van der Waals surface area contributed by atoms with E-state index in [1.807, 2.05) is 0 Å². The SMILES string of the molecule is CC(C)(C)OC(=O)/C=C/c1c(C(=O)O)[nH]c2cc(Cl)cc(Cl)c12. The molecule has 0 bridgehead atoms. The van der Waals surface area contributed by atoms with Crippen LogP contribution in [-0.4, -0.2) is 27.6 Å². The number of rotatable bonds is 3. The lowest BCUT2D eigenvalue weighted by Crippen LogP contribution is -2.22. The molecule has 0 saturated heterocycles. The average Bonchev–Trinajstić information content (AvgIpc) is 2.73. The van der Waals surface area contributed by atoms with Gasteiger partial charge in [-0.15, -0.1) is 0 Å². The number of hydrogen-bond acceptors (Lipinski definition) is 3. The first kappa shape index (κ1) is 17.4. The molecule has 0 saturated carbocycles. The molecule has 0 unspecified atom stereocenters. The Hall–Kier alpha value is -1.98. The number of carbonyl (C=O) groups excluding carboxylic acids is 1. The van der Waals surface area contributed by atoms with Crippen LogP contribution in [0.15, 0.2) is 18.2 Å². The van der Waals surface area contributed by atoms with Crippen LogP contribution in [0, 0.1) is 0 Å². The van der Waals surface area contributed by atoms with Crippen molar-refractivity contribution >= 4 is 52.1 Å². The van der Waals surface area contributed by atoms with Crippen LogP contribution in [0.3, 0.4) is 0 Å². The van der Waals surface area contributed by atoms with Crippen molar-refractivity contribution in [1.29, 1.82) is 0 Å². The standard InChI is InChI=1S/C16H15Cl2NO4/c1-16(2,3)23-12(20)5-4-9-13-10(18)6-8(17)7-11(13)19-14(9)15(21)22/h4-7,19H,1-3H3,(H,21,22)/b5-4+. The lowest BCUT2D eigenvalue weighted by molar-refractivity contribution is -0.148. The fraction of sp³-hybridized carbons (Fsp3) is 0.250. The number of H-pyrrole nitrogens is 1. The molecule has 2 aromatic rings. The Labute approximate surface area is 142 Å². The number of aromatic carboxylic acids is 1. The Morgan fingerprint density at radius 1 is 1.26 bits per heavy atom. The van der Waals surface area contributed by atoms with E-state index in [-0.39, 0.29) is 5.69 Å². The van der Waals surface area contributed by atoms with Gasteiger partial charge in [0.15, 0.2) is 0 Å². The van der Waals surface area contributed by atoms with Gasteiger partial charge >= 0.3 is 11.9 Å².